The minimum Gasteiger partial charge on any atom is -0.354 e. The summed E-state index contributed by atoms with van der Waals surface area (Å²) in [5.41, 5.74) is 1.02. The van der Waals surface area contributed by atoms with Gasteiger partial charge in [0.2, 0.25) is 5.91 Å². The fourth-order valence-corrected chi connectivity index (χ4v) is 2.72. The van der Waals surface area contributed by atoms with Crippen LogP contribution in [0.3, 0.4) is 0 Å². The number of amides is 1. The van der Waals surface area contributed by atoms with Gasteiger partial charge in [-0.3, -0.25) is 9.78 Å². The second kappa shape index (κ2) is 11.2. The largest absolute Gasteiger partial charge is 0.354 e. The number of thioether (sulfide) groups is 1. The molecule has 1 amide bonds. The topological polar surface area (TPSA) is 54.0 Å². The van der Waals surface area contributed by atoms with Gasteiger partial charge in [-0.1, -0.05) is 6.07 Å². The van der Waals surface area contributed by atoms with E-state index in [0.717, 1.165) is 24.5 Å². The van der Waals surface area contributed by atoms with Crippen molar-refractivity contribution < 1.29 is 4.79 Å². The van der Waals surface area contributed by atoms with E-state index in [1.54, 1.807) is 18.0 Å². The van der Waals surface area contributed by atoms with Crippen molar-refractivity contribution in [3.05, 3.63) is 30.1 Å². The van der Waals surface area contributed by atoms with Crippen LogP contribution in [0.25, 0.3) is 0 Å². The number of pyridine rings is 1. The third kappa shape index (κ3) is 7.33. The third-order valence-electron chi connectivity index (χ3n) is 2.92. The average Bonchev–Trinajstić information content (AvgIpc) is 2.91. The predicted octanol–water partition coefficient (Wildman–Crippen LogP) is 2.03. The van der Waals surface area contributed by atoms with E-state index in [9.17, 15) is 4.79 Å². The number of hydrogen-bond acceptors (Lipinski definition) is 4. The summed E-state index contributed by atoms with van der Waals surface area (Å²) in [5.74, 6) is 1.41. The van der Waals surface area contributed by atoms with Crippen molar-refractivity contribution in [3.8, 4) is 0 Å². The van der Waals surface area contributed by atoms with Gasteiger partial charge in [-0.2, -0.15) is 0 Å². The molecule has 0 radical (unpaired) electrons. The van der Waals surface area contributed by atoms with E-state index in [0.29, 0.717) is 11.8 Å². The standard InChI is InChI=1S/C13H19N3OS.2ClH/c17-13(16-8-11-5-3-7-14-11)10-18-9-12-4-1-2-6-15-12;;/h1-2,4,6,11,14H,3,5,7-10H2,(H,16,17);2*1H. The molecule has 1 aliphatic rings. The van der Waals surface area contributed by atoms with Crippen LogP contribution in [0.5, 0.6) is 0 Å². The highest BCUT2D eigenvalue weighted by Gasteiger charge is 2.14. The first-order valence-corrected chi connectivity index (χ1v) is 7.48. The van der Waals surface area contributed by atoms with Crippen molar-refractivity contribution in [1.29, 1.82) is 0 Å². The number of carbonyl (C=O) groups excluding carboxylic acids is 1. The molecule has 1 atom stereocenters. The minimum atomic E-state index is 0. The first-order valence-electron chi connectivity index (χ1n) is 6.32. The number of carbonyl (C=O) groups is 1. The van der Waals surface area contributed by atoms with Gasteiger partial charge in [-0.15, -0.1) is 36.6 Å². The molecule has 1 aliphatic heterocycles. The number of aromatic nitrogens is 1. The molecule has 0 bridgehead atoms. The summed E-state index contributed by atoms with van der Waals surface area (Å²) in [6, 6.07) is 6.31. The van der Waals surface area contributed by atoms with Gasteiger partial charge in [-0.25, -0.2) is 0 Å². The Morgan fingerprint density at radius 3 is 2.95 bits per heavy atom. The molecule has 1 fully saturated rings. The Bertz CT molecular complexity index is 375. The number of nitrogens with zero attached hydrogens (tertiary/aromatic N) is 1. The maximum Gasteiger partial charge on any atom is 0.230 e. The van der Waals surface area contributed by atoms with Crippen molar-refractivity contribution in [2.24, 2.45) is 0 Å². The van der Waals surface area contributed by atoms with E-state index in [4.69, 9.17) is 0 Å². The lowest BCUT2D eigenvalue weighted by atomic mass is 10.2. The van der Waals surface area contributed by atoms with Crippen LogP contribution in [-0.2, 0) is 10.5 Å². The molecule has 0 spiro atoms. The van der Waals surface area contributed by atoms with Crippen LogP contribution >= 0.6 is 36.6 Å². The van der Waals surface area contributed by atoms with Crippen LogP contribution in [0.2, 0.25) is 0 Å². The van der Waals surface area contributed by atoms with E-state index in [1.807, 2.05) is 18.2 Å². The summed E-state index contributed by atoms with van der Waals surface area (Å²) < 4.78 is 0. The fourth-order valence-electron chi connectivity index (χ4n) is 1.95. The second-order valence-corrected chi connectivity index (χ2v) is 5.40. The minimum absolute atomic E-state index is 0. The van der Waals surface area contributed by atoms with Crippen molar-refractivity contribution >= 4 is 42.5 Å². The number of halogens is 2. The van der Waals surface area contributed by atoms with Crippen LogP contribution in [-0.4, -0.2) is 35.8 Å². The van der Waals surface area contributed by atoms with Crippen molar-refractivity contribution in [2.45, 2.75) is 24.6 Å². The SMILES string of the molecule is Cl.Cl.O=C(CSCc1ccccn1)NCC1CCCN1. The first-order chi connectivity index (χ1) is 8.84. The quantitative estimate of drug-likeness (QED) is 0.833. The Balaban J connectivity index is 0.00000180. The van der Waals surface area contributed by atoms with Crippen molar-refractivity contribution in [2.75, 3.05) is 18.8 Å². The first kappa shape index (κ1) is 19.5. The monoisotopic (exact) mass is 337 g/mol. The number of nitrogens with one attached hydrogen (secondary N) is 2. The summed E-state index contributed by atoms with van der Waals surface area (Å²) in [7, 11) is 0. The van der Waals surface area contributed by atoms with Gasteiger partial charge in [0.15, 0.2) is 0 Å². The van der Waals surface area contributed by atoms with Gasteiger partial charge in [0.1, 0.15) is 0 Å². The normalized spacial score (nSPS) is 16.9. The molecule has 1 aromatic heterocycles. The highest BCUT2D eigenvalue weighted by molar-refractivity contribution is 7.99. The summed E-state index contributed by atoms with van der Waals surface area (Å²) in [5, 5.41) is 6.33. The highest BCUT2D eigenvalue weighted by atomic mass is 35.5. The summed E-state index contributed by atoms with van der Waals surface area (Å²) >= 11 is 1.60. The average molecular weight is 338 g/mol. The highest BCUT2D eigenvalue weighted by Crippen LogP contribution is 2.09. The molecule has 0 aliphatic carbocycles. The lowest BCUT2D eigenvalue weighted by Crippen LogP contribution is -2.37. The van der Waals surface area contributed by atoms with Crippen LogP contribution in [0.4, 0.5) is 0 Å². The fraction of sp³-hybridized carbons (Fsp3) is 0.538. The third-order valence-corrected chi connectivity index (χ3v) is 3.88. The van der Waals surface area contributed by atoms with Crippen LogP contribution in [0.1, 0.15) is 18.5 Å². The Kier molecular flexibility index (Phi) is 10.9. The van der Waals surface area contributed by atoms with Crippen LogP contribution in [0.15, 0.2) is 24.4 Å². The van der Waals surface area contributed by atoms with Gasteiger partial charge in [0, 0.05) is 24.5 Å². The maximum atomic E-state index is 11.6. The Hall–Kier alpha value is -0.490. The van der Waals surface area contributed by atoms with Crippen molar-refractivity contribution in [3.63, 3.8) is 0 Å². The molecule has 20 heavy (non-hydrogen) atoms. The maximum absolute atomic E-state index is 11.6. The summed E-state index contributed by atoms with van der Waals surface area (Å²) in [6.07, 6.45) is 4.16. The lowest BCUT2D eigenvalue weighted by Gasteiger charge is -2.11. The summed E-state index contributed by atoms with van der Waals surface area (Å²) in [6.45, 7) is 1.83. The lowest BCUT2D eigenvalue weighted by molar-refractivity contribution is -0.118. The smallest absolute Gasteiger partial charge is 0.230 e. The van der Waals surface area contributed by atoms with Gasteiger partial charge in [0.05, 0.1) is 11.4 Å². The molecular formula is C13H21Cl2N3OS. The van der Waals surface area contributed by atoms with E-state index < -0.39 is 0 Å². The molecule has 2 N–H and O–H groups in total. The van der Waals surface area contributed by atoms with Gasteiger partial charge in [-0.05, 0) is 31.5 Å². The van der Waals surface area contributed by atoms with E-state index in [2.05, 4.69) is 15.6 Å². The van der Waals surface area contributed by atoms with E-state index in [1.165, 1.54) is 12.8 Å². The predicted molar refractivity (Wildman–Crippen MR) is 88.9 cm³/mol. The second-order valence-electron chi connectivity index (χ2n) is 4.41. The summed E-state index contributed by atoms with van der Waals surface area (Å²) in [4.78, 5) is 15.8. The molecule has 1 unspecified atom stereocenters. The van der Waals surface area contributed by atoms with Gasteiger partial charge < -0.3 is 10.6 Å². The zero-order valence-electron chi connectivity index (χ0n) is 11.2. The van der Waals surface area contributed by atoms with Crippen LogP contribution < -0.4 is 10.6 Å². The Morgan fingerprint density at radius 1 is 1.45 bits per heavy atom. The molecule has 1 saturated heterocycles. The van der Waals surface area contributed by atoms with Crippen molar-refractivity contribution in [1.82, 2.24) is 15.6 Å². The number of hydrogen-bond donors (Lipinski definition) is 2. The molecule has 114 valence electrons. The van der Waals surface area contributed by atoms with Crippen LogP contribution in [0, 0.1) is 0 Å². The molecule has 0 saturated carbocycles. The molecule has 2 rings (SSSR count). The van der Waals surface area contributed by atoms with Gasteiger partial charge in [0.25, 0.3) is 0 Å². The van der Waals surface area contributed by atoms with E-state index >= 15 is 0 Å². The zero-order chi connectivity index (χ0) is 12.6. The molecule has 1 aromatic rings. The molecule has 7 heteroatoms. The Labute approximate surface area is 136 Å². The molecule has 4 nitrogen and oxygen atoms in total. The molecular weight excluding hydrogens is 317 g/mol. The number of rotatable bonds is 6. The molecule has 2 heterocycles. The Morgan fingerprint density at radius 2 is 2.30 bits per heavy atom. The van der Waals surface area contributed by atoms with E-state index in [-0.39, 0.29) is 30.7 Å². The zero-order valence-corrected chi connectivity index (χ0v) is 13.7. The molecule has 0 aromatic carbocycles. The van der Waals surface area contributed by atoms with Gasteiger partial charge >= 0.3 is 0 Å².